The van der Waals surface area contributed by atoms with Crippen molar-refractivity contribution in [3.05, 3.63) is 18.1 Å². The summed E-state index contributed by atoms with van der Waals surface area (Å²) in [5.74, 6) is 0.283. The van der Waals surface area contributed by atoms with Crippen LogP contribution in [0.25, 0.3) is 0 Å². The average molecular weight is 346 g/mol. The number of hydrogen-bond donors (Lipinski definition) is 2. The fraction of sp³-hybridized carbons (Fsp3) is 0.667. The van der Waals surface area contributed by atoms with Gasteiger partial charge in [-0.3, -0.25) is 0 Å². The van der Waals surface area contributed by atoms with Crippen LogP contribution >= 0.6 is 0 Å². The van der Waals surface area contributed by atoms with Gasteiger partial charge in [0, 0.05) is 12.1 Å². The number of hydrogen-bond acceptors (Lipinski definition) is 5. The first-order chi connectivity index (χ1) is 11.0. The molecule has 2 unspecified atom stereocenters. The molecular weight excluding hydrogens is 325 g/mol. The summed E-state index contributed by atoms with van der Waals surface area (Å²) >= 11 is 0. The summed E-state index contributed by atoms with van der Waals surface area (Å²) in [5.41, 5.74) is -1.58. The van der Waals surface area contributed by atoms with Crippen LogP contribution in [0, 0.1) is 0 Å². The van der Waals surface area contributed by atoms with Gasteiger partial charge in [-0.05, 0) is 40.0 Å². The number of alkyl carbamates (subject to hydrolysis) is 1. The standard InChI is InChI=1S/C15H21F3N4O2/c1-14(2,3)24-13(23)22-10-5-4-9(6-10)21-12-8-19-11(7-20-12)15(16,17)18/h7-10H,4-6H2,1-3H3,(H,20,21)(H,22,23). The lowest BCUT2D eigenvalue weighted by atomic mass is 10.2. The van der Waals surface area contributed by atoms with Crippen LogP contribution in [0.3, 0.4) is 0 Å². The zero-order valence-electron chi connectivity index (χ0n) is 13.8. The Bertz CT molecular complexity index is 570. The van der Waals surface area contributed by atoms with Crippen molar-refractivity contribution in [1.82, 2.24) is 15.3 Å². The fourth-order valence-electron chi connectivity index (χ4n) is 2.48. The van der Waals surface area contributed by atoms with Gasteiger partial charge < -0.3 is 15.4 Å². The second kappa shape index (κ2) is 6.82. The molecule has 0 spiro atoms. The molecule has 1 aliphatic rings. The third-order valence-electron chi connectivity index (χ3n) is 3.45. The largest absolute Gasteiger partial charge is 0.444 e. The van der Waals surface area contributed by atoms with Crippen molar-refractivity contribution in [2.75, 3.05) is 5.32 Å². The van der Waals surface area contributed by atoms with Gasteiger partial charge >= 0.3 is 12.3 Å². The monoisotopic (exact) mass is 346 g/mol. The second-order valence-corrected chi connectivity index (χ2v) is 6.78. The first kappa shape index (κ1) is 18.3. The Balaban J connectivity index is 1.82. The van der Waals surface area contributed by atoms with Gasteiger partial charge in [-0.15, -0.1) is 0 Å². The highest BCUT2D eigenvalue weighted by atomic mass is 19.4. The Morgan fingerprint density at radius 3 is 2.38 bits per heavy atom. The fourth-order valence-corrected chi connectivity index (χ4v) is 2.48. The topological polar surface area (TPSA) is 76.1 Å². The molecule has 0 aliphatic heterocycles. The minimum absolute atomic E-state index is 0.0102. The smallest absolute Gasteiger partial charge is 0.434 e. The lowest BCUT2D eigenvalue weighted by Gasteiger charge is -2.21. The van der Waals surface area contributed by atoms with Crippen molar-refractivity contribution in [3.8, 4) is 0 Å². The van der Waals surface area contributed by atoms with Gasteiger partial charge in [-0.1, -0.05) is 0 Å². The Morgan fingerprint density at radius 2 is 1.83 bits per heavy atom. The van der Waals surface area contributed by atoms with Gasteiger partial charge in [0.15, 0.2) is 5.69 Å². The summed E-state index contributed by atoms with van der Waals surface area (Å²) in [7, 11) is 0. The molecule has 24 heavy (non-hydrogen) atoms. The van der Waals surface area contributed by atoms with Crippen LogP contribution in [0.15, 0.2) is 12.4 Å². The zero-order chi connectivity index (χ0) is 18.0. The van der Waals surface area contributed by atoms with Crippen LogP contribution in [0.1, 0.15) is 45.7 Å². The summed E-state index contributed by atoms with van der Waals surface area (Å²) in [4.78, 5) is 18.8. The first-order valence-corrected chi connectivity index (χ1v) is 7.68. The van der Waals surface area contributed by atoms with Crippen molar-refractivity contribution in [1.29, 1.82) is 0 Å². The number of nitrogens with one attached hydrogen (secondary N) is 2. The quantitative estimate of drug-likeness (QED) is 0.878. The van der Waals surface area contributed by atoms with Crippen LogP contribution in [-0.2, 0) is 10.9 Å². The number of anilines is 1. The molecule has 0 saturated heterocycles. The minimum atomic E-state index is -4.50. The third-order valence-corrected chi connectivity index (χ3v) is 3.45. The third kappa shape index (κ3) is 5.54. The van der Waals surface area contributed by atoms with Gasteiger partial charge in [-0.25, -0.2) is 14.8 Å². The molecule has 1 aliphatic carbocycles. The highest BCUT2D eigenvalue weighted by molar-refractivity contribution is 5.68. The first-order valence-electron chi connectivity index (χ1n) is 7.68. The van der Waals surface area contributed by atoms with E-state index in [-0.39, 0.29) is 17.9 Å². The molecule has 1 saturated carbocycles. The van der Waals surface area contributed by atoms with E-state index < -0.39 is 23.6 Å². The van der Waals surface area contributed by atoms with E-state index in [2.05, 4.69) is 20.6 Å². The van der Waals surface area contributed by atoms with Crippen molar-refractivity contribution >= 4 is 11.9 Å². The van der Waals surface area contributed by atoms with Crippen molar-refractivity contribution < 1.29 is 22.7 Å². The van der Waals surface area contributed by atoms with E-state index in [0.717, 1.165) is 19.0 Å². The summed E-state index contributed by atoms with van der Waals surface area (Å²) in [6, 6.07) is -0.0317. The Morgan fingerprint density at radius 1 is 1.17 bits per heavy atom. The van der Waals surface area contributed by atoms with E-state index in [4.69, 9.17) is 4.74 Å². The van der Waals surface area contributed by atoms with E-state index in [1.807, 2.05) is 0 Å². The zero-order valence-corrected chi connectivity index (χ0v) is 13.8. The number of halogens is 3. The number of carbonyl (C=O) groups excluding carboxylic acids is 1. The number of rotatable bonds is 3. The van der Waals surface area contributed by atoms with Gasteiger partial charge in [0.25, 0.3) is 0 Å². The molecule has 9 heteroatoms. The summed E-state index contributed by atoms with van der Waals surface area (Å²) in [5, 5.41) is 5.83. The van der Waals surface area contributed by atoms with E-state index in [1.54, 1.807) is 20.8 Å². The number of aromatic nitrogens is 2. The molecule has 0 aromatic carbocycles. The number of ether oxygens (including phenoxy) is 1. The van der Waals surface area contributed by atoms with Crippen molar-refractivity contribution in [3.63, 3.8) is 0 Å². The molecule has 2 N–H and O–H groups in total. The summed E-state index contributed by atoms with van der Waals surface area (Å²) in [6.07, 6.45) is -1.04. The molecule has 1 heterocycles. The molecule has 2 atom stereocenters. The normalized spacial score (nSPS) is 21.4. The van der Waals surface area contributed by atoms with Crippen LogP contribution in [0.4, 0.5) is 23.8 Å². The molecule has 1 aromatic heterocycles. The molecule has 134 valence electrons. The minimum Gasteiger partial charge on any atom is -0.444 e. The maximum atomic E-state index is 12.4. The van der Waals surface area contributed by atoms with Gasteiger partial charge in [0.05, 0.1) is 12.4 Å². The molecule has 0 bridgehead atoms. The summed E-state index contributed by atoms with van der Waals surface area (Å²) in [6.45, 7) is 5.36. The van der Waals surface area contributed by atoms with E-state index in [0.29, 0.717) is 12.6 Å². The lowest BCUT2D eigenvalue weighted by Crippen LogP contribution is -2.38. The molecular formula is C15H21F3N4O2. The molecule has 0 radical (unpaired) electrons. The van der Waals surface area contributed by atoms with Gasteiger partial charge in [-0.2, -0.15) is 13.2 Å². The Labute approximate surface area is 138 Å². The number of alkyl halides is 3. The Kier molecular flexibility index (Phi) is 5.19. The lowest BCUT2D eigenvalue weighted by molar-refractivity contribution is -0.141. The molecule has 2 rings (SSSR count). The SMILES string of the molecule is CC(C)(C)OC(=O)NC1CCC(Nc2cnc(C(F)(F)F)cn2)C1. The molecule has 1 aromatic rings. The van der Waals surface area contributed by atoms with Crippen LogP contribution in [0.5, 0.6) is 0 Å². The Hall–Kier alpha value is -2.06. The number of nitrogens with zero attached hydrogens (tertiary/aromatic N) is 2. The molecule has 1 amide bonds. The van der Waals surface area contributed by atoms with Crippen LogP contribution in [-0.4, -0.2) is 33.7 Å². The molecule has 1 fully saturated rings. The average Bonchev–Trinajstić information content (AvgIpc) is 2.83. The maximum absolute atomic E-state index is 12.4. The highest BCUT2D eigenvalue weighted by Crippen LogP contribution is 2.27. The predicted molar refractivity (Wildman–Crippen MR) is 81.5 cm³/mol. The highest BCUT2D eigenvalue weighted by Gasteiger charge is 2.33. The number of carbonyl (C=O) groups is 1. The van der Waals surface area contributed by atoms with E-state index in [9.17, 15) is 18.0 Å². The number of amides is 1. The van der Waals surface area contributed by atoms with E-state index in [1.165, 1.54) is 0 Å². The second-order valence-electron chi connectivity index (χ2n) is 6.78. The van der Waals surface area contributed by atoms with Crippen molar-refractivity contribution in [2.45, 2.75) is 63.9 Å². The van der Waals surface area contributed by atoms with Crippen molar-refractivity contribution in [2.24, 2.45) is 0 Å². The van der Waals surface area contributed by atoms with Gasteiger partial charge in [0.2, 0.25) is 0 Å². The molecule has 6 nitrogen and oxygen atoms in total. The van der Waals surface area contributed by atoms with Crippen LogP contribution in [0.2, 0.25) is 0 Å². The van der Waals surface area contributed by atoms with Crippen LogP contribution < -0.4 is 10.6 Å². The maximum Gasteiger partial charge on any atom is 0.434 e. The van der Waals surface area contributed by atoms with E-state index >= 15 is 0 Å². The van der Waals surface area contributed by atoms with Gasteiger partial charge in [0.1, 0.15) is 11.4 Å². The predicted octanol–water partition coefficient (Wildman–Crippen LogP) is 3.35. The summed E-state index contributed by atoms with van der Waals surface area (Å²) < 4.78 is 42.5.